The first-order valence-corrected chi connectivity index (χ1v) is 8.21. The number of rotatable bonds is 9. The van der Waals surface area contributed by atoms with Gasteiger partial charge in [-0.3, -0.25) is 14.2 Å². The molecule has 0 bridgehead atoms. The summed E-state index contributed by atoms with van der Waals surface area (Å²) in [4.78, 5) is 23.7. The van der Waals surface area contributed by atoms with Crippen molar-refractivity contribution in [2.75, 3.05) is 19.4 Å². The van der Waals surface area contributed by atoms with E-state index in [4.69, 9.17) is 9.05 Å². The summed E-state index contributed by atoms with van der Waals surface area (Å²) >= 11 is 0. The Hall–Kier alpha value is -1.29. The molecule has 0 atom stereocenters. The summed E-state index contributed by atoms with van der Waals surface area (Å²) in [5, 5.41) is 0. The van der Waals surface area contributed by atoms with Crippen molar-refractivity contribution in [3.63, 3.8) is 0 Å². The number of carbonyl (C=O) groups excluding carboxylic acids is 2. The Morgan fingerprint density at radius 2 is 1.60 bits per heavy atom. The fourth-order valence-corrected chi connectivity index (χ4v) is 3.29. The van der Waals surface area contributed by atoms with Gasteiger partial charge >= 0.3 is 7.60 Å². The fraction of sp³-hybridized carbons (Fsp3) is 0.429. The Bertz CT molecular complexity index is 488. The van der Waals surface area contributed by atoms with Crippen LogP contribution in [0.5, 0.6) is 0 Å². The number of hydrogen-bond acceptors (Lipinski definition) is 5. The van der Waals surface area contributed by atoms with Crippen molar-refractivity contribution in [1.82, 2.24) is 0 Å². The van der Waals surface area contributed by atoms with Gasteiger partial charge < -0.3 is 9.05 Å². The molecule has 0 aromatic heterocycles. The van der Waals surface area contributed by atoms with Crippen LogP contribution in [-0.4, -0.2) is 30.9 Å². The van der Waals surface area contributed by atoms with Crippen molar-refractivity contribution >= 4 is 19.2 Å². The number of Topliss-reactive ketones (excluding diaryl/α,β-unsaturated/α-hetero) is 2. The first-order valence-electron chi connectivity index (χ1n) is 6.49. The molecule has 1 rings (SSSR count). The molecule has 0 spiro atoms. The lowest BCUT2D eigenvalue weighted by Crippen LogP contribution is -2.14. The van der Waals surface area contributed by atoms with Crippen molar-refractivity contribution in [3.05, 3.63) is 35.9 Å². The molecule has 0 aliphatic carbocycles. The minimum atomic E-state index is -3.43. The normalized spacial score (nSPS) is 11.3. The Morgan fingerprint density at radius 3 is 2.10 bits per heavy atom. The van der Waals surface area contributed by atoms with Crippen molar-refractivity contribution in [1.29, 1.82) is 0 Å². The van der Waals surface area contributed by atoms with E-state index in [1.165, 1.54) is 0 Å². The third-order valence-electron chi connectivity index (χ3n) is 2.48. The van der Waals surface area contributed by atoms with Gasteiger partial charge in [0.05, 0.1) is 19.6 Å². The van der Waals surface area contributed by atoms with Crippen LogP contribution in [0.3, 0.4) is 0 Å². The predicted molar refractivity (Wildman–Crippen MR) is 76.1 cm³/mol. The molecule has 0 unspecified atom stereocenters. The minimum absolute atomic E-state index is 0.192. The van der Waals surface area contributed by atoms with Gasteiger partial charge in [-0.05, 0) is 13.8 Å². The van der Waals surface area contributed by atoms with Gasteiger partial charge in [-0.2, -0.15) is 0 Å². The SMILES string of the molecule is CCOP(=O)(CC(=O)CC(=O)c1ccccc1)OCC. The maximum atomic E-state index is 12.2. The molecule has 20 heavy (non-hydrogen) atoms. The van der Waals surface area contributed by atoms with Gasteiger partial charge in [0.15, 0.2) is 11.6 Å². The molecule has 0 N–H and O–H groups in total. The molecular weight excluding hydrogens is 279 g/mol. The second-order valence-electron chi connectivity index (χ2n) is 4.11. The van der Waals surface area contributed by atoms with E-state index in [1.807, 2.05) is 0 Å². The molecule has 0 radical (unpaired) electrons. The van der Waals surface area contributed by atoms with Crippen molar-refractivity contribution in [2.24, 2.45) is 0 Å². The number of benzene rings is 1. The summed E-state index contributed by atoms with van der Waals surface area (Å²) in [7, 11) is -3.43. The topological polar surface area (TPSA) is 69.7 Å². The number of hydrogen-bond donors (Lipinski definition) is 0. The van der Waals surface area contributed by atoms with Gasteiger partial charge in [0.2, 0.25) is 0 Å². The lowest BCUT2D eigenvalue weighted by molar-refractivity contribution is -0.116. The zero-order valence-corrected chi connectivity index (χ0v) is 12.6. The van der Waals surface area contributed by atoms with Gasteiger partial charge in [-0.15, -0.1) is 0 Å². The highest BCUT2D eigenvalue weighted by Gasteiger charge is 2.28. The van der Waals surface area contributed by atoms with Crippen LogP contribution in [0.2, 0.25) is 0 Å². The zero-order valence-electron chi connectivity index (χ0n) is 11.7. The molecule has 5 nitrogen and oxygen atoms in total. The quantitative estimate of drug-likeness (QED) is 0.398. The van der Waals surface area contributed by atoms with Crippen LogP contribution in [-0.2, 0) is 18.4 Å². The molecule has 0 saturated carbocycles. The molecule has 110 valence electrons. The van der Waals surface area contributed by atoms with E-state index in [0.717, 1.165) is 0 Å². The first kappa shape index (κ1) is 16.8. The Morgan fingerprint density at radius 1 is 1.05 bits per heavy atom. The standard InChI is InChI=1S/C14H19O5P/c1-3-18-20(17,19-4-2)11-13(15)10-14(16)12-8-6-5-7-9-12/h5-9H,3-4,10-11H2,1-2H3. The maximum absolute atomic E-state index is 12.2. The van der Waals surface area contributed by atoms with Gasteiger partial charge in [0.25, 0.3) is 0 Å². The summed E-state index contributed by atoms with van der Waals surface area (Å²) in [6.07, 6.45) is -0.665. The number of carbonyl (C=O) groups is 2. The largest absolute Gasteiger partial charge is 0.338 e. The van der Waals surface area contributed by atoms with E-state index in [-0.39, 0.29) is 31.6 Å². The van der Waals surface area contributed by atoms with E-state index >= 15 is 0 Å². The van der Waals surface area contributed by atoms with Crippen LogP contribution in [0.25, 0.3) is 0 Å². The Balaban J connectivity index is 2.62. The third kappa shape index (κ3) is 5.37. The number of ketones is 2. The van der Waals surface area contributed by atoms with E-state index in [0.29, 0.717) is 5.56 Å². The van der Waals surface area contributed by atoms with E-state index in [2.05, 4.69) is 0 Å². The van der Waals surface area contributed by atoms with Crippen LogP contribution in [0.1, 0.15) is 30.6 Å². The lowest BCUT2D eigenvalue weighted by atomic mass is 10.1. The predicted octanol–water partition coefficient (Wildman–Crippen LogP) is 3.09. The molecule has 6 heteroatoms. The summed E-state index contributed by atoms with van der Waals surface area (Å²) in [5.41, 5.74) is 0.462. The summed E-state index contributed by atoms with van der Waals surface area (Å²) in [6.45, 7) is 3.73. The smallest absolute Gasteiger partial charge is 0.309 e. The van der Waals surface area contributed by atoms with Crippen LogP contribution >= 0.6 is 7.60 Å². The summed E-state index contributed by atoms with van der Waals surface area (Å²) in [5.74, 6) is -0.737. The van der Waals surface area contributed by atoms with Crippen LogP contribution < -0.4 is 0 Å². The molecule has 0 fully saturated rings. The maximum Gasteiger partial charge on any atom is 0.338 e. The minimum Gasteiger partial charge on any atom is -0.309 e. The van der Waals surface area contributed by atoms with Crippen molar-refractivity contribution in [3.8, 4) is 0 Å². The van der Waals surface area contributed by atoms with Gasteiger partial charge in [-0.25, -0.2) is 0 Å². The molecule has 0 aliphatic heterocycles. The highest BCUT2D eigenvalue weighted by molar-refractivity contribution is 7.54. The van der Waals surface area contributed by atoms with Crippen molar-refractivity contribution in [2.45, 2.75) is 20.3 Å². The van der Waals surface area contributed by atoms with E-state index in [9.17, 15) is 14.2 Å². The second kappa shape index (κ2) is 8.10. The zero-order chi connectivity index (χ0) is 15.0. The van der Waals surface area contributed by atoms with Gasteiger partial charge in [0.1, 0.15) is 6.16 Å². The molecular formula is C14H19O5P. The molecule has 1 aromatic carbocycles. The first-order chi connectivity index (χ1) is 9.50. The average Bonchev–Trinajstić information content (AvgIpc) is 2.39. The Kier molecular flexibility index (Phi) is 6.79. The lowest BCUT2D eigenvalue weighted by Gasteiger charge is -2.15. The van der Waals surface area contributed by atoms with Gasteiger partial charge in [0, 0.05) is 5.56 Å². The van der Waals surface area contributed by atoms with Crippen LogP contribution in [0.4, 0.5) is 0 Å². The highest BCUT2D eigenvalue weighted by atomic mass is 31.2. The second-order valence-corrected chi connectivity index (χ2v) is 6.16. The average molecular weight is 298 g/mol. The van der Waals surface area contributed by atoms with Crippen molar-refractivity contribution < 1.29 is 23.2 Å². The summed E-state index contributed by atoms with van der Waals surface area (Å²) < 4.78 is 22.2. The monoisotopic (exact) mass is 298 g/mol. The highest BCUT2D eigenvalue weighted by Crippen LogP contribution is 2.47. The Labute approximate surface area is 118 Å². The van der Waals surface area contributed by atoms with Gasteiger partial charge in [-0.1, -0.05) is 30.3 Å². The molecule has 0 amide bonds. The molecule has 0 aliphatic rings. The molecule has 0 heterocycles. The van der Waals surface area contributed by atoms with E-state index in [1.54, 1.807) is 44.2 Å². The van der Waals surface area contributed by atoms with Crippen LogP contribution in [0.15, 0.2) is 30.3 Å². The van der Waals surface area contributed by atoms with E-state index < -0.39 is 13.4 Å². The molecule has 0 saturated heterocycles. The molecule has 1 aromatic rings. The van der Waals surface area contributed by atoms with Crippen LogP contribution in [0, 0.1) is 0 Å². The summed E-state index contributed by atoms with van der Waals surface area (Å²) in [6, 6.07) is 8.52. The third-order valence-corrected chi connectivity index (χ3v) is 4.52. The fourth-order valence-electron chi connectivity index (χ4n) is 1.70.